The van der Waals surface area contributed by atoms with Crippen molar-refractivity contribution in [1.29, 1.82) is 0 Å². The Kier molecular flexibility index (Phi) is 3.75. The number of anilines is 2. The molecule has 0 bridgehead atoms. The Morgan fingerprint density at radius 2 is 2.11 bits per heavy atom. The number of thiazole rings is 1. The molecular formula is C12H10F2N2O2S. The van der Waals surface area contributed by atoms with E-state index in [4.69, 9.17) is 0 Å². The van der Waals surface area contributed by atoms with Gasteiger partial charge in [0.1, 0.15) is 0 Å². The highest BCUT2D eigenvalue weighted by Gasteiger charge is 2.16. The van der Waals surface area contributed by atoms with Gasteiger partial charge in [-0.05, 0) is 19.1 Å². The maximum atomic E-state index is 13.0. The molecule has 0 aliphatic carbocycles. The summed E-state index contributed by atoms with van der Waals surface area (Å²) >= 11 is 1.22. The minimum Gasteiger partial charge on any atom is -0.464 e. The average molecular weight is 284 g/mol. The first-order chi connectivity index (χ1) is 9.01. The van der Waals surface area contributed by atoms with E-state index in [1.165, 1.54) is 24.5 Å². The van der Waals surface area contributed by atoms with Crippen LogP contribution in [-0.4, -0.2) is 18.1 Å². The molecule has 0 amide bonds. The zero-order valence-corrected chi connectivity index (χ0v) is 11.0. The molecular weight excluding hydrogens is 274 g/mol. The number of nitrogens with zero attached hydrogens (tertiary/aromatic N) is 1. The van der Waals surface area contributed by atoms with Crippen LogP contribution in [-0.2, 0) is 4.74 Å². The molecule has 7 heteroatoms. The summed E-state index contributed by atoms with van der Waals surface area (Å²) in [6.07, 6.45) is 0. The van der Waals surface area contributed by atoms with Crippen LogP contribution in [0, 0.1) is 18.6 Å². The Morgan fingerprint density at radius 1 is 1.37 bits per heavy atom. The number of carbonyl (C=O) groups is 1. The fraction of sp³-hybridized carbons (Fsp3) is 0.167. The maximum absolute atomic E-state index is 13.0. The van der Waals surface area contributed by atoms with Gasteiger partial charge in [-0.15, -0.1) is 11.3 Å². The van der Waals surface area contributed by atoms with Crippen molar-refractivity contribution in [1.82, 2.24) is 4.98 Å². The normalized spacial score (nSPS) is 10.3. The van der Waals surface area contributed by atoms with Gasteiger partial charge in [0.05, 0.1) is 7.11 Å². The molecule has 0 aliphatic heterocycles. The van der Waals surface area contributed by atoms with E-state index in [1.54, 1.807) is 6.92 Å². The molecule has 19 heavy (non-hydrogen) atoms. The predicted molar refractivity (Wildman–Crippen MR) is 67.8 cm³/mol. The molecule has 1 heterocycles. The highest BCUT2D eigenvalue weighted by atomic mass is 32.1. The lowest BCUT2D eigenvalue weighted by Gasteiger charge is -2.02. The highest BCUT2D eigenvalue weighted by molar-refractivity contribution is 7.15. The van der Waals surface area contributed by atoms with Crippen molar-refractivity contribution in [3.8, 4) is 0 Å². The summed E-state index contributed by atoms with van der Waals surface area (Å²) in [6.45, 7) is 1.72. The summed E-state index contributed by atoms with van der Waals surface area (Å²) in [6, 6.07) is 3.41. The summed E-state index contributed by atoms with van der Waals surface area (Å²) in [5.74, 6) is -2.41. The van der Waals surface area contributed by atoms with Crippen LogP contribution in [0.25, 0.3) is 0 Å². The Balaban J connectivity index is 2.24. The fourth-order valence-corrected chi connectivity index (χ4v) is 2.25. The van der Waals surface area contributed by atoms with Gasteiger partial charge >= 0.3 is 5.97 Å². The van der Waals surface area contributed by atoms with Crippen molar-refractivity contribution < 1.29 is 18.3 Å². The van der Waals surface area contributed by atoms with Gasteiger partial charge < -0.3 is 10.1 Å². The van der Waals surface area contributed by atoms with Crippen molar-refractivity contribution in [2.45, 2.75) is 6.92 Å². The van der Waals surface area contributed by atoms with Crippen LogP contribution < -0.4 is 5.32 Å². The third-order valence-corrected chi connectivity index (χ3v) is 3.23. The summed E-state index contributed by atoms with van der Waals surface area (Å²) in [5, 5.41) is 3.21. The number of benzene rings is 1. The quantitative estimate of drug-likeness (QED) is 0.879. The van der Waals surface area contributed by atoms with Gasteiger partial charge in [0.2, 0.25) is 0 Å². The van der Waals surface area contributed by atoms with Crippen molar-refractivity contribution in [3.63, 3.8) is 0 Å². The van der Waals surface area contributed by atoms with Crippen LogP contribution >= 0.6 is 11.3 Å². The molecule has 1 aromatic carbocycles. The van der Waals surface area contributed by atoms with Gasteiger partial charge in [-0.2, -0.15) is 0 Å². The van der Waals surface area contributed by atoms with Crippen LogP contribution in [0.3, 0.4) is 0 Å². The molecule has 0 aliphatic rings. The Bertz CT molecular complexity index is 628. The van der Waals surface area contributed by atoms with E-state index >= 15 is 0 Å². The zero-order valence-electron chi connectivity index (χ0n) is 10.2. The number of carbonyl (C=O) groups excluding carboxylic acids is 1. The molecule has 1 aromatic heterocycles. The van der Waals surface area contributed by atoms with E-state index in [0.717, 1.165) is 12.1 Å². The number of halogens is 2. The standard InChI is InChI=1S/C12H10F2N2O2S/c1-6-10(11(17)18-2)16-12(19-6)15-7-3-4-8(13)9(14)5-7/h3-5H,1-2H3,(H,15,16). The third kappa shape index (κ3) is 2.87. The molecule has 0 spiro atoms. The molecule has 0 fully saturated rings. The Morgan fingerprint density at radius 3 is 2.74 bits per heavy atom. The van der Waals surface area contributed by atoms with Gasteiger partial charge in [0.25, 0.3) is 0 Å². The first-order valence-corrected chi connectivity index (χ1v) is 6.10. The topological polar surface area (TPSA) is 51.2 Å². The van der Waals surface area contributed by atoms with Crippen LogP contribution in [0.15, 0.2) is 18.2 Å². The van der Waals surface area contributed by atoms with Crippen molar-refractivity contribution in [2.24, 2.45) is 0 Å². The van der Waals surface area contributed by atoms with Crippen molar-refractivity contribution >= 4 is 28.1 Å². The van der Waals surface area contributed by atoms with Crippen molar-refractivity contribution in [2.75, 3.05) is 12.4 Å². The lowest BCUT2D eigenvalue weighted by atomic mass is 10.3. The smallest absolute Gasteiger partial charge is 0.357 e. The van der Waals surface area contributed by atoms with Gasteiger partial charge in [-0.25, -0.2) is 18.6 Å². The Labute approximate surface area is 112 Å². The SMILES string of the molecule is COC(=O)c1nc(Nc2ccc(F)c(F)c2)sc1C. The van der Waals surface area contributed by atoms with Gasteiger partial charge in [0.15, 0.2) is 22.5 Å². The second-order valence-electron chi connectivity index (χ2n) is 3.67. The molecule has 100 valence electrons. The van der Waals surface area contributed by atoms with Crippen LogP contribution in [0.1, 0.15) is 15.4 Å². The second-order valence-corrected chi connectivity index (χ2v) is 4.87. The minimum atomic E-state index is -0.952. The molecule has 2 rings (SSSR count). The number of ether oxygens (including phenoxy) is 1. The van der Waals surface area contributed by atoms with Crippen LogP contribution in [0.4, 0.5) is 19.6 Å². The summed E-state index contributed by atoms with van der Waals surface area (Å²) < 4.78 is 30.4. The molecule has 0 atom stereocenters. The third-order valence-electron chi connectivity index (χ3n) is 2.35. The number of rotatable bonds is 3. The number of hydrogen-bond acceptors (Lipinski definition) is 5. The van der Waals surface area contributed by atoms with Gasteiger partial charge in [-0.1, -0.05) is 0 Å². The molecule has 0 saturated heterocycles. The molecule has 1 N–H and O–H groups in total. The number of aromatic nitrogens is 1. The summed E-state index contributed by atoms with van der Waals surface area (Å²) in [7, 11) is 1.27. The Hall–Kier alpha value is -2.02. The molecule has 4 nitrogen and oxygen atoms in total. The predicted octanol–water partition coefficient (Wildman–Crippen LogP) is 3.26. The number of aryl methyl sites for hydroxylation is 1. The minimum absolute atomic E-state index is 0.206. The van der Waals surface area contributed by atoms with Crippen LogP contribution in [0.2, 0.25) is 0 Å². The van der Waals surface area contributed by atoms with E-state index in [9.17, 15) is 13.6 Å². The van der Waals surface area contributed by atoms with Crippen molar-refractivity contribution in [3.05, 3.63) is 40.4 Å². The maximum Gasteiger partial charge on any atom is 0.357 e. The molecule has 0 saturated carbocycles. The van der Waals surface area contributed by atoms with E-state index in [1.807, 2.05) is 0 Å². The largest absolute Gasteiger partial charge is 0.464 e. The van der Waals surface area contributed by atoms with Gasteiger partial charge in [0, 0.05) is 16.6 Å². The molecule has 0 radical (unpaired) electrons. The first-order valence-electron chi connectivity index (χ1n) is 5.29. The van der Waals surface area contributed by atoms with E-state index in [0.29, 0.717) is 15.7 Å². The fourth-order valence-electron chi connectivity index (χ4n) is 1.43. The van der Waals surface area contributed by atoms with Gasteiger partial charge in [-0.3, -0.25) is 0 Å². The number of esters is 1. The summed E-state index contributed by atoms with van der Waals surface area (Å²) in [4.78, 5) is 16.1. The highest BCUT2D eigenvalue weighted by Crippen LogP contribution is 2.26. The van der Waals surface area contributed by atoms with E-state index in [-0.39, 0.29) is 5.69 Å². The lowest BCUT2D eigenvalue weighted by Crippen LogP contribution is -2.03. The molecule has 2 aromatic rings. The lowest BCUT2D eigenvalue weighted by molar-refractivity contribution is 0.0594. The number of nitrogens with one attached hydrogen (secondary N) is 1. The average Bonchev–Trinajstić information content (AvgIpc) is 2.74. The van der Waals surface area contributed by atoms with Crippen LogP contribution in [0.5, 0.6) is 0 Å². The number of hydrogen-bond donors (Lipinski definition) is 1. The summed E-state index contributed by atoms with van der Waals surface area (Å²) in [5.41, 5.74) is 0.557. The van der Waals surface area contributed by atoms with E-state index < -0.39 is 17.6 Å². The molecule has 0 unspecified atom stereocenters. The second kappa shape index (κ2) is 5.31. The monoisotopic (exact) mass is 284 g/mol. The number of methoxy groups -OCH3 is 1. The first kappa shape index (κ1) is 13.4. The zero-order chi connectivity index (χ0) is 14.0. The van der Waals surface area contributed by atoms with E-state index in [2.05, 4.69) is 15.0 Å².